The second-order valence-electron chi connectivity index (χ2n) is 5.23. The number of carbonyl (C=O) groups excluding carboxylic acids is 2. The molecule has 0 aliphatic rings. The summed E-state index contributed by atoms with van der Waals surface area (Å²) in [5.41, 5.74) is 1.85. The smallest absolute Gasteiger partial charge is 0.277 e. The van der Waals surface area contributed by atoms with Gasteiger partial charge in [0.1, 0.15) is 10.8 Å². The molecule has 27 heavy (non-hydrogen) atoms. The molecule has 0 aliphatic carbocycles. The minimum Gasteiger partial charge on any atom is -0.508 e. The largest absolute Gasteiger partial charge is 0.508 e. The summed E-state index contributed by atoms with van der Waals surface area (Å²) in [6.07, 6.45) is 0. The van der Waals surface area contributed by atoms with Gasteiger partial charge in [-0.3, -0.25) is 9.59 Å². The summed E-state index contributed by atoms with van der Waals surface area (Å²) < 4.78 is 0. The maximum atomic E-state index is 12.5. The molecule has 2 aromatic carbocycles. The number of aromatic nitrogens is 1. The number of hydrogen-bond acceptors (Lipinski definition) is 5. The number of amides is 2. The molecule has 0 saturated heterocycles. The van der Waals surface area contributed by atoms with E-state index >= 15 is 0 Å². The maximum absolute atomic E-state index is 12.5. The number of anilines is 2. The van der Waals surface area contributed by atoms with Crippen molar-refractivity contribution in [1.82, 2.24) is 4.98 Å². The van der Waals surface area contributed by atoms with Crippen molar-refractivity contribution >= 4 is 68.6 Å². The summed E-state index contributed by atoms with van der Waals surface area (Å²) in [5, 5.41) is 15.3. The third-order valence-electron chi connectivity index (χ3n) is 3.35. The molecule has 0 unspecified atom stereocenters. The minimum atomic E-state index is -0.600. The molecular weight excluding hydrogens is 433 g/mol. The van der Waals surface area contributed by atoms with Crippen molar-refractivity contribution < 1.29 is 14.7 Å². The topological polar surface area (TPSA) is 91.3 Å². The molecule has 0 atom stereocenters. The second kappa shape index (κ2) is 8.14. The SMILES string of the molecule is O=C(Nc1cccc(O)c1)c1ncsc1NC(=O)c1c(Cl)cc(Cl)cc1Cl. The third kappa shape index (κ3) is 4.51. The van der Waals surface area contributed by atoms with Crippen LogP contribution in [0.4, 0.5) is 10.7 Å². The molecular formula is C17H10Cl3N3O3S. The Bertz CT molecular complexity index is 1020. The molecule has 1 heterocycles. The highest BCUT2D eigenvalue weighted by atomic mass is 35.5. The first-order valence-electron chi connectivity index (χ1n) is 7.35. The van der Waals surface area contributed by atoms with Gasteiger partial charge in [-0.15, -0.1) is 11.3 Å². The molecule has 6 nitrogen and oxygen atoms in total. The number of nitrogens with one attached hydrogen (secondary N) is 2. The van der Waals surface area contributed by atoms with Crippen LogP contribution in [-0.4, -0.2) is 21.9 Å². The highest BCUT2D eigenvalue weighted by Crippen LogP contribution is 2.31. The van der Waals surface area contributed by atoms with Crippen LogP contribution in [0.3, 0.4) is 0 Å². The first-order chi connectivity index (χ1) is 12.8. The molecule has 0 fully saturated rings. The summed E-state index contributed by atoms with van der Waals surface area (Å²) in [5.74, 6) is -1.14. The lowest BCUT2D eigenvalue weighted by atomic mass is 10.2. The number of rotatable bonds is 4. The molecule has 0 aliphatic heterocycles. The summed E-state index contributed by atoms with van der Waals surface area (Å²) in [6.45, 7) is 0. The van der Waals surface area contributed by atoms with Gasteiger partial charge in [-0.1, -0.05) is 40.9 Å². The van der Waals surface area contributed by atoms with E-state index in [1.165, 1.54) is 29.8 Å². The number of hydrogen-bond donors (Lipinski definition) is 3. The molecule has 1 aromatic heterocycles. The molecule has 0 spiro atoms. The van der Waals surface area contributed by atoms with Crippen molar-refractivity contribution in [2.45, 2.75) is 0 Å². The Balaban J connectivity index is 1.81. The van der Waals surface area contributed by atoms with Crippen molar-refractivity contribution in [3.63, 3.8) is 0 Å². The molecule has 3 N–H and O–H groups in total. The molecule has 0 radical (unpaired) electrons. The summed E-state index contributed by atoms with van der Waals surface area (Å²) >= 11 is 19.0. The first-order valence-corrected chi connectivity index (χ1v) is 9.36. The van der Waals surface area contributed by atoms with E-state index in [1.54, 1.807) is 12.1 Å². The second-order valence-corrected chi connectivity index (χ2v) is 7.34. The molecule has 10 heteroatoms. The number of aromatic hydroxyl groups is 1. The van der Waals surface area contributed by atoms with E-state index < -0.39 is 11.8 Å². The summed E-state index contributed by atoms with van der Waals surface area (Å²) in [6, 6.07) is 8.84. The molecule has 0 bridgehead atoms. The van der Waals surface area contributed by atoms with Gasteiger partial charge in [0.25, 0.3) is 11.8 Å². The lowest BCUT2D eigenvalue weighted by Crippen LogP contribution is -2.18. The summed E-state index contributed by atoms with van der Waals surface area (Å²) in [4.78, 5) is 29.0. The van der Waals surface area contributed by atoms with Gasteiger partial charge in [-0.05, 0) is 24.3 Å². The fraction of sp³-hybridized carbons (Fsp3) is 0. The highest BCUT2D eigenvalue weighted by molar-refractivity contribution is 7.14. The van der Waals surface area contributed by atoms with E-state index in [4.69, 9.17) is 34.8 Å². The number of phenols is 1. The van der Waals surface area contributed by atoms with E-state index in [0.717, 1.165) is 11.3 Å². The first kappa shape index (κ1) is 19.4. The Morgan fingerprint density at radius 1 is 1.00 bits per heavy atom. The number of benzene rings is 2. The van der Waals surface area contributed by atoms with Crippen LogP contribution < -0.4 is 10.6 Å². The monoisotopic (exact) mass is 441 g/mol. The number of phenolic OH excluding ortho intramolecular Hbond substituents is 1. The van der Waals surface area contributed by atoms with Crippen molar-refractivity contribution in [2.75, 3.05) is 10.6 Å². The van der Waals surface area contributed by atoms with Crippen LogP contribution in [0.15, 0.2) is 41.9 Å². The van der Waals surface area contributed by atoms with Gasteiger partial charge < -0.3 is 15.7 Å². The fourth-order valence-electron chi connectivity index (χ4n) is 2.20. The molecule has 2 amide bonds. The van der Waals surface area contributed by atoms with Crippen LogP contribution in [0.2, 0.25) is 15.1 Å². The van der Waals surface area contributed by atoms with Gasteiger partial charge in [-0.2, -0.15) is 0 Å². The van der Waals surface area contributed by atoms with E-state index in [-0.39, 0.29) is 32.1 Å². The van der Waals surface area contributed by atoms with Crippen LogP contribution in [0.25, 0.3) is 0 Å². The summed E-state index contributed by atoms with van der Waals surface area (Å²) in [7, 11) is 0. The van der Waals surface area contributed by atoms with E-state index in [1.807, 2.05) is 0 Å². The predicted octanol–water partition coefficient (Wildman–Crippen LogP) is 5.31. The van der Waals surface area contributed by atoms with Gasteiger partial charge in [0.05, 0.1) is 21.1 Å². The van der Waals surface area contributed by atoms with E-state index in [2.05, 4.69) is 15.6 Å². The van der Waals surface area contributed by atoms with Crippen LogP contribution >= 0.6 is 46.1 Å². The highest BCUT2D eigenvalue weighted by Gasteiger charge is 2.21. The number of carbonyl (C=O) groups is 2. The van der Waals surface area contributed by atoms with Gasteiger partial charge in [0.15, 0.2) is 5.69 Å². The number of halogens is 3. The van der Waals surface area contributed by atoms with Gasteiger partial charge in [-0.25, -0.2) is 4.98 Å². The normalized spacial score (nSPS) is 10.5. The number of thiazole rings is 1. The minimum absolute atomic E-state index is 0.00614. The zero-order valence-electron chi connectivity index (χ0n) is 13.3. The van der Waals surface area contributed by atoms with Crippen molar-refractivity contribution in [3.05, 3.63) is 68.2 Å². The van der Waals surface area contributed by atoms with Crippen LogP contribution in [0, 0.1) is 0 Å². The predicted molar refractivity (Wildman–Crippen MR) is 108 cm³/mol. The zero-order chi connectivity index (χ0) is 19.6. The average Bonchev–Trinajstić information content (AvgIpc) is 3.02. The average molecular weight is 443 g/mol. The van der Waals surface area contributed by atoms with Gasteiger partial charge >= 0.3 is 0 Å². The molecule has 138 valence electrons. The Labute approximate surface area is 172 Å². The quantitative estimate of drug-likeness (QED) is 0.510. The number of nitrogens with zero attached hydrogens (tertiary/aromatic N) is 1. The van der Waals surface area contributed by atoms with Crippen molar-refractivity contribution in [1.29, 1.82) is 0 Å². The molecule has 0 saturated carbocycles. The van der Waals surface area contributed by atoms with Crippen molar-refractivity contribution in [3.8, 4) is 5.75 Å². The lowest BCUT2D eigenvalue weighted by molar-refractivity contribution is 0.102. The standard InChI is InChI=1S/C17H10Cl3N3O3S/c18-8-4-11(19)13(12(20)5-8)15(25)23-17-14(21-7-27-17)16(26)22-9-2-1-3-10(24)6-9/h1-7,24H,(H,22,26)(H,23,25). The lowest BCUT2D eigenvalue weighted by Gasteiger charge is -2.09. The molecule has 3 rings (SSSR count). The van der Waals surface area contributed by atoms with Crippen molar-refractivity contribution in [2.24, 2.45) is 0 Å². The zero-order valence-corrected chi connectivity index (χ0v) is 16.4. The Morgan fingerprint density at radius 3 is 2.37 bits per heavy atom. The third-order valence-corrected chi connectivity index (χ3v) is 4.90. The molecule has 3 aromatic rings. The Kier molecular flexibility index (Phi) is 5.86. The van der Waals surface area contributed by atoms with Crippen LogP contribution in [-0.2, 0) is 0 Å². The van der Waals surface area contributed by atoms with E-state index in [0.29, 0.717) is 10.7 Å². The van der Waals surface area contributed by atoms with Gasteiger partial charge in [0.2, 0.25) is 0 Å². The fourth-order valence-corrected chi connectivity index (χ4v) is 3.86. The maximum Gasteiger partial charge on any atom is 0.277 e. The van der Waals surface area contributed by atoms with E-state index in [9.17, 15) is 14.7 Å². The Hall–Kier alpha value is -2.32. The van der Waals surface area contributed by atoms with Crippen LogP contribution in [0.5, 0.6) is 5.75 Å². The Morgan fingerprint density at radius 2 is 1.70 bits per heavy atom. The van der Waals surface area contributed by atoms with Crippen LogP contribution in [0.1, 0.15) is 20.8 Å². The van der Waals surface area contributed by atoms with Gasteiger partial charge in [0, 0.05) is 16.8 Å².